The molecule has 1 aromatic rings. The Morgan fingerprint density at radius 1 is 1.43 bits per heavy atom. The van der Waals surface area contributed by atoms with Gasteiger partial charge in [0.1, 0.15) is 6.23 Å². The summed E-state index contributed by atoms with van der Waals surface area (Å²) in [4.78, 5) is 12.2. The fourth-order valence-corrected chi connectivity index (χ4v) is 3.32. The Balaban J connectivity index is 1.96. The zero-order valence-electron chi connectivity index (χ0n) is 12.9. The normalized spacial score (nSPS) is 25.4. The largest absolute Gasteiger partial charge is 0.461 e. The number of aromatic nitrogens is 2. The molecule has 1 aliphatic carbocycles. The third kappa shape index (κ3) is 2.84. The van der Waals surface area contributed by atoms with Crippen LogP contribution in [0.4, 0.5) is 0 Å². The molecule has 0 spiro atoms. The first kappa shape index (κ1) is 14.6. The predicted molar refractivity (Wildman–Crippen MR) is 78.2 cm³/mol. The molecular weight excluding hydrogens is 268 g/mol. The Bertz CT molecular complexity index is 518. The number of carbonyl (C=O) groups excluding carboxylic acids is 1. The summed E-state index contributed by atoms with van der Waals surface area (Å²) in [7, 11) is 0. The van der Waals surface area contributed by atoms with Crippen LogP contribution in [0, 0.1) is 5.92 Å². The minimum Gasteiger partial charge on any atom is -0.461 e. The van der Waals surface area contributed by atoms with Gasteiger partial charge < -0.3 is 9.47 Å². The molecule has 0 N–H and O–H groups in total. The highest BCUT2D eigenvalue weighted by atomic mass is 16.5. The van der Waals surface area contributed by atoms with Crippen LogP contribution in [0.5, 0.6) is 0 Å². The third-order valence-corrected chi connectivity index (χ3v) is 4.44. The van der Waals surface area contributed by atoms with Crippen LogP contribution in [0.25, 0.3) is 0 Å². The van der Waals surface area contributed by atoms with Gasteiger partial charge in [0.05, 0.1) is 6.61 Å². The topological polar surface area (TPSA) is 53.3 Å². The van der Waals surface area contributed by atoms with E-state index in [-0.39, 0.29) is 12.2 Å². The summed E-state index contributed by atoms with van der Waals surface area (Å²) in [6, 6.07) is 0. The molecule has 5 nitrogen and oxygen atoms in total. The molecule has 0 amide bonds. The summed E-state index contributed by atoms with van der Waals surface area (Å²) >= 11 is 0. The first-order valence-corrected chi connectivity index (χ1v) is 8.09. The van der Waals surface area contributed by atoms with Crippen molar-refractivity contribution >= 4 is 5.97 Å². The average Bonchev–Trinajstić information content (AvgIpc) is 2.87. The predicted octanol–water partition coefficient (Wildman–Crippen LogP) is 2.88. The molecule has 2 unspecified atom stereocenters. The summed E-state index contributed by atoms with van der Waals surface area (Å²) in [5, 5.41) is 4.59. The molecule has 21 heavy (non-hydrogen) atoms. The van der Waals surface area contributed by atoms with E-state index in [0.717, 1.165) is 50.7 Å². The smallest absolute Gasteiger partial charge is 0.359 e. The maximum Gasteiger partial charge on any atom is 0.359 e. The minimum atomic E-state index is -0.294. The lowest BCUT2D eigenvalue weighted by Gasteiger charge is -2.27. The lowest BCUT2D eigenvalue weighted by atomic mass is 9.88. The van der Waals surface area contributed by atoms with Crippen LogP contribution < -0.4 is 0 Å². The van der Waals surface area contributed by atoms with Gasteiger partial charge in [-0.15, -0.1) is 0 Å². The van der Waals surface area contributed by atoms with Gasteiger partial charge in [0, 0.05) is 17.9 Å². The zero-order chi connectivity index (χ0) is 14.8. The molecule has 2 heterocycles. The van der Waals surface area contributed by atoms with Gasteiger partial charge >= 0.3 is 5.97 Å². The summed E-state index contributed by atoms with van der Waals surface area (Å²) in [6.07, 6.45) is 6.23. The fourth-order valence-electron chi connectivity index (χ4n) is 3.32. The molecule has 0 aromatic carbocycles. The van der Waals surface area contributed by atoms with Crippen molar-refractivity contribution in [1.29, 1.82) is 0 Å². The third-order valence-electron chi connectivity index (χ3n) is 4.44. The number of nitrogens with zero attached hydrogens (tertiary/aromatic N) is 2. The van der Waals surface area contributed by atoms with Crippen molar-refractivity contribution in [3.63, 3.8) is 0 Å². The van der Waals surface area contributed by atoms with Crippen LogP contribution in [0.1, 0.15) is 67.5 Å². The number of esters is 1. The highest BCUT2D eigenvalue weighted by molar-refractivity contribution is 5.89. The second kappa shape index (κ2) is 6.18. The van der Waals surface area contributed by atoms with E-state index in [9.17, 15) is 4.79 Å². The molecule has 2 atom stereocenters. The van der Waals surface area contributed by atoms with E-state index in [1.54, 1.807) is 0 Å². The van der Waals surface area contributed by atoms with Gasteiger partial charge in [-0.25, -0.2) is 9.48 Å². The molecule has 2 aliphatic rings. The Labute approximate surface area is 125 Å². The maximum absolute atomic E-state index is 12.2. The number of hydrogen-bond acceptors (Lipinski definition) is 4. The van der Waals surface area contributed by atoms with Gasteiger partial charge in [0.15, 0.2) is 5.69 Å². The number of hydrogen-bond donors (Lipinski definition) is 0. The van der Waals surface area contributed by atoms with Gasteiger partial charge in [0.2, 0.25) is 0 Å². The first-order chi connectivity index (χ1) is 10.2. The van der Waals surface area contributed by atoms with Crippen molar-refractivity contribution in [2.24, 2.45) is 5.92 Å². The summed E-state index contributed by atoms with van der Waals surface area (Å²) in [6.45, 7) is 5.25. The second-order valence-electron chi connectivity index (χ2n) is 6.11. The van der Waals surface area contributed by atoms with Crippen LogP contribution in [0.2, 0.25) is 0 Å². The molecule has 0 bridgehead atoms. The van der Waals surface area contributed by atoms with Gasteiger partial charge in [0.25, 0.3) is 0 Å². The summed E-state index contributed by atoms with van der Waals surface area (Å²) in [5.41, 5.74) is 2.78. The van der Waals surface area contributed by atoms with Crippen LogP contribution in [-0.4, -0.2) is 29.0 Å². The molecule has 1 aliphatic heterocycles. The zero-order valence-corrected chi connectivity index (χ0v) is 12.9. The molecule has 1 fully saturated rings. The van der Waals surface area contributed by atoms with Gasteiger partial charge in [-0.1, -0.05) is 6.92 Å². The Kier molecular flexibility index (Phi) is 4.29. The number of carbonyl (C=O) groups is 1. The van der Waals surface area contributed by atoms with Gasteiger partial charge in [-0.2, -0.15) is 5.10 Å². The van der Waals surface area contributed by atoms with E-state index >= 15 is 0 Å². The highest BCUT2D eigenvalue weighted by Gasteiger charge is 2.31. The highest BCUT2D eigenvalue weighted by Crippen LogP contribution is 2.32. The number of fused-ring (bicyclic) bond motifs is 1. The second-order valence-corrected chi connectivity index (χ2v) is 6.11. The van der Waals surface area contributed by atoms with Crippen LogP contribution in [0.15, 0.2) is 0 Å². The molecule has 3 rings (SSSR count). The summed E-state index contributed by atoms with van der Waals surface area (Å²) in [5.74, 6) is 0.337. The van der Waals surface area contributed by atoms with Crippen LogP contribution >= 0.6 is 0 Å². The van der Waals surface area contributed by atoms with Crippen LogP contribution in [0.3, 0.4) is 0 Å². The van der Waals surface area contributed by atoms with Gasteiger partial charge in [-0.3, -0.25) is 0 Å². The molecule has 0 saturated carbocycles. The standard InChI is InChI=1S/C16H24N2O3/c1-3-20-16(19)15-12-8-7-11(2)10-13(12)18(17-15)14-6-4-5-9-21-14/h11,14H,3-10H2,1-2H3. The van der Waals surface area contributed by atoms with Crippen molar-refractivity contribution in [2.75, 3.05) is 13.2 Å². The van der Waals surface area contributed by atoms with Crippen molar-refractivity contribution in [3.8, 4) is 0 Å². The van der Waals surface area contributed by atoms with Crippen molar-refractivity contribution in [1.82, 2.24) is 9.78 Å². The van der Waals surface area contributed by atoms with E-state index in [2.05, 4.69) is 12.0 Å². The SMILES string of the molecule is CCOC(=O)c1nn(C2CCCCO2)c2c1CCC(C)C2. The monoisotopic (exact) mass is 292 g/mol. The molecule has 5 heteroatoms. The van der Waals surface area contributed by atoms with Crippen molar-refractivity contribution < 1.29 is 14.3 Å². The van der Waals surface area contributed by atoms with E-state index in [1.165, 1.54) is 5.69 Å². The van der Waals surface area contributed by atoms with Crippen molar-refractivity contribution in [2.45, 2.75) is 58.6 Å². The molecule has 1 aromatic heterocycles. The van der Waals surface area contributed by atoms with E-state index in [1.807, 2.05) is 11.6 Å². The lowest BCUT2D eigenvalue weighted by Crippen LogP contribution is -2.23. The van der Waals surface area contributed by atoms with E-state index < -0.39 is 0 Å². The Morgan fingerprint density at radius 3 is 3.00 bits per heavy atom. The first-order valence-electron chi connectivity index (χ1n) is 8.09. The van der Waals surface area contributed by atoms with Crippen molar-refractivity contribution in [3.05, 3.63) is 17.0 Å². The van der Waals surface area contributed by atoms with Crippen LogP contribution in [-0.2, 0) is 22.3 Å². The quantitative estimate of drug-likeness (QED) is 0.804. The Morgan fingerprint density at radius 2 is 2.29 bits per heavy atom. The minimum absolute atomic E-state index is 0.0130. The fraction of sp³-hybridized carbons (Fsp3) is 0.750. The average molecular weight is 292 g/mol. The summed E-state index contributed by atoms with van der Waals surface area (Å²) < 4.78 is 13.0. The van der Waals surface area contributed by atoms with E-state index in [0.29, 0.717) is 18.2 Å². The molecule has 1 saturated heterocycles. The van der Waals surface area contributed by atoms with Gasteiger partial charge in [-0.05, 0) is 51.4 Å². The van der Waals surface area contributed by atoms with E-state index in [4.69, 9.17) is 9.47 Å². The Hall–Kier alpha value is -1.36. The molecular formula is C16H24N2O3. The number of rotatable bonds is 3. The molecule has 116 valence electrons. The maximum atomic E-state index is 12.2. The molecule has 0 radical (unpaired) electrons. The lowest BCUT2D eigenvalue weighted by molar-refractivity contribution is -0.0417. The number of ether oxygens (including phenoxy) is 2.